The van der Waals surface area contributed by atoms with Crippen LogP contribution in [0.25, 0.3) is 11.1 Å². The van der Waals surface area contributed by atoms with Gasteiger partial charge < -0.3 is 23.9 Å². The van der Waals surface area contributed by atoms with E-state index in [2.05, 4.69) is 9.97 Å². The smallest absolute Gasteiger partial charge is 0.254 e. The van der Waals surface area contributed by atoms with E-state index in [9.17, 15) is 9.90 Å². The maximum Gasteiger partial charge on any atom is 0.254 e. The number of carbonyl (C=O) groups excluding carboxylic acids is 1. The van der Waals surface area contributed by atoms with E-state index in [1.165, 1.54) is 7.11 Å². The minimum atomic E-state index is -0.267. The quantitative estimate of drug-likeness (QED) is 0.515. The highest BCUT2D eigenvalue weighted by Gasteiger charge is 2.39. The maximum atomic E-state index is 13.4. The van der Waals surface area contributed by atoms with Gasteiger partial charge in [0.05, 0.1) is 32.0 Å². The van der Waals surface area contributed by atoms with Crippen LogP contribution in [-0.2, 0) is 11.2 Å². The number of amides is 1. The first-order valence-corrected chi connectivity index (χ1v) is 12.0. The number of aliphatic hydroxyl groups excluding tert-OH is 1. The zero-order valence-electron chi connectivity index (χ0n) is 19.2. The van der Waals surface area contributed by atoms with Crippen LogP contribution >= 0.6 is 11.6 Å². The summed E-state index contributed by atoms with van der Waals surface area (Å²) in [4.78, 5) is 24.1. The second-order valence-electron chi connectivity index (χ2n) is 9.13. The molecule has 5 rings (SSSR count). The second kappa shape index (κ2) is 9.52. The molecular weight excluding hydrogens is 458 g/mol. The molecule has 8 nitrogen and oxygen atoms in total. The topological polar surface area (TPSA) is 97.9 Å². The monoisotopic (exact) mass is 485 g/mol. The molecular formula is C25H28ClN3O5. The van der Waals surface area contributed by atoms with Gasteiger partial charge in [0, 0.05) is 41.4 Å². The molecule has 2 aliphatic rings. The first-order chi connectivity index (χ1) is 16.4. The number of methoxy groups -OCH3 is 1. The first kappa shape index (κ1) is 23.1. The molecule has 0 bridgehead atoms. The number of rotatable bonds is 8. The van der Waals surface area contributed by atoms with Crippen LogP contribution in [0.3, 0.4) is 0 Å². The molecule has 1 aliphatic carbocycles. The van der Waals surface area contributed by atoms with Gasteiger partial charge in [0.15, 0.2) is 17.2 Å². The Kier molecular flexibility index (Phi) is 6.46. The lowest BCUT2D eigenvalue weighted by Gasteiger charge is -2.23. The number of pyridine rings is 1. The van der Waals surface area contributed by atoms with E-state index in [0.717, 1.165) is 18.5 Å². The zero-order chi connectivity index (χ0) is 23.8. The van der Waals surface area contributed by atoms with Crippen LogP contribution in [0.2, 0.25) is 5.02 Å². The van der Waals surface area contributed by atoms with E-state index >= 15 is 0 Å². The van der Waals surface area contributed by atoms with Crippen molar-refractivity contribution in [2.24, 2.45) is 0 Å². The van der Waals surface area contributed by atoms with Gasteiger partial charge in [0.25, 0.3) is 5.91 Å². The number of nitrogens with zero attached hydrogens (tertiary/aromatic N) is 3. The van der Waals surface area contributed by atoms with E-state index < -0.39 is 0 Å². The predicted octanol–water partition coefficient (Wildman–Crippen LogP) is 3.99. The number of benzene rings is 1. The molecule has 0 spiro atoms. The van der Waals surface area contributed by atoms with E-state index in [4.69, 9.17) is 25.5 Å². The fourth-order valence-corrected chi connectivity index (χ4v) is 4.67. The van der Waals surface area contributed by atoms with Crippen molar-refractivity contribution in [3.63, 3.8) is 0 Å². The first-order valence-electron chi connectivity index (χ1n) is 11.6. The Balaban J connectivity index is 1.38. The number of carbonyl (C=O) groups is 1. The Morgan fingerprint density at radius 2 is 2.15 bits per heavy atom. The molecule has 1 N–H and O–H groups in total. The molecule has 1 aliphatic heterocycles. The van der Waals surface area contributed by atoms with Crippen LogP contribution < -0.4 is 4.74 Å². The van der Waals surface area contributed by atoms with Crippen molar-refractivity contribution < 1.29 is 23.8 Å². The second-order valence-corrected chi connectivity index (χ2v) is 9.56. The van der Waals surface area contributed by atoms with Gasteiger partial charge in [-0.25, -0.2) is 4.98 Å². The van der Waals surface area contributed by atoms with Gasteiger partial charge in [-0.05, 0) is 43.5 Å². The van der Waals surface area contributed by atoms with Crippen molar-refractivity contribution in [1.82, 2.24) is 14.9 Å². The molecule has 2 aromatic heterocycles. The molecule has 1 aromatic carbocycles. The fraction of sp³-hybridized carbons (Fsp3) is 0.480. The minimum Gasteiger partial charge on any atom is -0.493 e. The summed E-state index contributed by atoms with van der Waals surface area (Å²) >= 11 is 6.10. The molecule has 3 heterocycles. The molecule has 0 radical (unpaired) electrons. The summed E-state index contributed by atoms with van der Waals surface area (Å²) in [5.41, 5.74) is 2.34. The van der Waals surface area contributed by atoms with Crippen molar-refractivity contribution in [3.8, 4) is 5.75 Å². The average molecular weight is 486 g/mol. The predicted molar refractivity (Wildman–Crippen MR) is 126 cm³/mol. The van der Waals surface area contributed by atoms with Gasteiger partial charge in [-0.15, -0.1) is 0 Å². The normalized spacial score (nSPS) is 21.2. The van der Waals surface area contributed by atoms with Crippen molar-refractivity contribution in [1.29, 1.82) is 0 Å². The summed E-state index contributed by atoms with van der Waals surface area (Å²) < 4.78 is 17.5. The highest BCUT2D eigenvalue weighted by atomic mass is 35.5. The molecule has 1 amide bonds. The Morgan fingerprint density at radius 1 is 1.32 bits per heavy atom. The Hall–Kier alpha value is -2.68. The standard InChI is InChI=1S/C25H28ClN3O5/c1-14(20-10-16(26)5-6-27-20)7-23-28-21-8-15(9-22(32-2)24(21)34-23)25(31)29-12-19(11-17(29)13-30)33-18-3-4-18/h5-6,8-10,14,17-19,30H,3-4,7,11-13H2,1-2H3/t14?,17-,19+/m0/s1. The summed E-state index contributed by atoms with van der Waals surface area (Å²) in [7, 11) is 1.54. The summed E-state index contributed by atoms with van der Waals surface area (Å²) in [5, 5.41) is 10.5. The zero-order valence-corrected chi connectivity index (χ0v) is 20.0. The molecule has 180 valence electrons. The van der Waals surface area contributed by atoms with Crippen LogP contribution in [0.1, 0.15) is 54.0 Å². The van der Waals surface area contributed by atoms with Gasteiger partial charge >= 0.3 is 0 Å². The summed E-state index contributed by atoms with van der Waals surface area (Å²) in [6.07, 6.45) is 5.24. The fourth-order valence-electron chi connectivity index (χ4n) is 4.50. The van der Waals surface area contributed by atoms with Crippen molar-refractivity contribution in [3.05, 3.63) is 52.6 Å². The third kappa shape index (κ3) is 4.76. The number of fused-ring (bicyclic) bond motifs is 1. The number of hydrogen-bond donors (Lipinski definition) is 1. The number of aliphatic hydroxyl groups is 1. The van der Waals surface area contributed by atoms with Crippen molar-refractivity contribution in [2.75, 3.05) is 20.3 Å². The summed E-state index contributed by atoms with van der Waals surface area (Å²) in [6, 6.07) is 6.70. The largest absolute Gasteiger partial charge is 0.493 e. The average Bonchev–Trinajstić information content (AvgIpc) is 3.40. The number of oxazole rings is 1. The highest BCUT2D eigenvalue weighted by Crippen LogP contribution is 2.33. The number of ether oxygens (including phenoxy) is 2. The Bertz CT molecular complexity index is 1190. The highest BCUT2D eigenvalue weighted by molar-refractivity contribution is 6.30. The number of aromatic nitrogens is 2. The third-order valence-electron chi connectivity index (χ3n) is 6.45. The molecule has 3 atom stereocenters. The lowest BCUT2D eigenvalue weighted by molar-refractivity contribution is 0.0431. The van der Waals surface area contributed by atoms with Crippen LogP contribution in [0.4, 0.5) is 0 Å². The third-order valence-corrected chi connectivity index (χ3v) is 6.69. The van der Waals surface area contributed by atoms with Gasteiger partial charge in [0.2, 0.25) is 0 Å². The lowest BCUT2D eigenvalue weighted by atomic mass is 10.0. The molecule has 1 saturated heterocycles. The van der Waals surface area contributed by atoms with Gasteiger partial charge in [-0.2, -0.15) is 0 Å². The maximum absolute atomic E-state index is 13.4. The van der Waals surface area contributed by atoms with Crippen LogP contribution in [0.15, 0.2) is 34.9 Å². The summed E-state index contributed by atoms with van der Waals surface area (Å²) in [5.74, 6) is 0.831. The van der Waals surface area contributed by atoms with Gasteiger partial charge in [-0.1, -0.05) is 18.5 Å². The van der Waals surface area contributed by atoms with E-state index in [1.54, 1.807) is 29.3 Å². The molecule has 1 unspecified atom stereocenters. The molecule has 2 fully saturated rings. The van der Waals surface area contributed by atoms with E-state index in [0.29, 0.717) is 58.8 Å². The van der Waals surface area contributed by atoms with Gasteiger partial charge in [-0.3, -0.25) is 9.78 Å². The number of likely N-dealkylation sites (tertiary alicyclic amines) is 1. The summed E-state index contributed by atoms with van der Waals surface area (Å²) in [6.45, 7) is 2.40. The molecule has 9 heteroatoms. The Labute approximate surface area is 202 Å². The van der Waals surface area contributed by atoms with Crippen molar-refractivity contribution >= 4 is 28.6 Å². The van der Waals surface area contributed by atoms with E-state index in [1.807, 2.05) is 13.0 Å². The van der Waals surface area contributed by atoms with Gasteiger partial charge in [0.1, 0.15) is 5.52 Å². The van der Waals surface area contributed by atoms with E-state index in [-0.39, 0.29) is 30.6 Å². The minimum absolute atomic E-state index is 0.0390. The van der Waals surface area contributed by atoms with Crippen LogP contribution in [0, 0.1) is 0 Å². The molecule has 3 aromatic rings. The van der Waals surface area contributed by atoms with Crippen LogP contribution in [0.5, 0.6) is 5.75 Å². The van der Waals surface area contributed by atoms with Crippen LogP contribution in [-0.4, -0.2) is 64.4 Å². The Morgan fingerprint density at radius 3 is 2.85 bits per heavy atom. The lowest BCUT2D eigenvalue weighted by Crippen LogP contribution is -2.38. The SMILES string of the molecule is COc1cc(C(=O)N2C[C@H](OC3CC3)C[C@H]2CO)cc2nc(CC(C)c3cc(Cl)ccn3)oc12. The number of halogens is 1. The molecule has 34 heavy (non-hydrogen) atoms. The number of hydrogen-bond acceptors (Lipinski definition) is 7. The molecule has 1 saturated carbocycles. The van der Waals surface area contributed by atoms with Crippen molar-refractivity contribution in [2.45, 2.75) is 56.8 Å².